The summed E-state index contributed by atoms with van der Waals surface area (Å²) in [6, 6.07) is 7.39. The fourth-order valence-corrected chi connectivity index (χ4v) is 2.81. The molecule has 8 nitrogen and oxygen atoms in total. The van der Waals surface area contributed by atoms with Gasteiger partial charge in [0.15, 0.2) is 0 Å². The maximum absolute atomic E-state index is 13.0. The van der Waals surface area contributed by atoms with E-state index in [0.29, 0.717) is 11.6 Å². The predicted octanol–water partition coefficient (Wildman–Crippen LogP) is 4.01. The normalized spacial score (nSPS) is 12.5. The molecule has 0 aliphatic carbocycles. The lowest BCUT2D eigenvalue weighted by atomic mass is 10.1. The summed E-state index contributed by atoms with van der Waals surface area (Å²) >= 11 is 0. The molecule has 1 amide bonds. The van der Waals surface area contributed by atoms with Crippen molar-refractivity contribution in [1.29, 1.82) is 0 Å². The van der Waals surface area contributed by atoms with E-state index in [4.69, 9.17) is 4.42 Å². The van der Waals surface area contributed by atoms with Gasteiger partial charge in [-0.2, -0.15) is 13.2 Å². The number of halogens is 4. The van der Waals surface area contributed by atoms with Crippen molar-refractivity contribution in [2.24, 2.45) is 0 Å². The van der Waals surface area contributed by atoms with Gasteiger partial charge in [0, 0.05) is 36.1 Å². The van der Waals surface area contributed by atoms with Crippen LogP contribution in [0.25, 0.3) is 22.7 Å². The highest BCUT2D eigenvalue weighted by molar-refractivity contribution is 5.94. The predicted molar refractivity (Wildman–Crippen MR) is 104 cm³/mol. The molecule has 0 saturated carbocycles. The third-order valence-electron chi connectivity index (χ3n) is 4.50. The van der Waals surface area contributed by atoms with Crippen LogP contribution in [-0.4, -0.2) is 32.7 Å². The highest BCUT2D eigenvalue weighted by Crippen LogP contribution is 2.32. The van der Waals surface area contributed by atoms with Crippen LogP contribution in [0.1, 0.15) is 27.9 Å². The number of alkyl halides is 3. The minimum Gasteiger partial charge on any atom is -0.444 e. The average Bonchev–Trinajstić information content (AvgIpc) is 3.48. The van der Waals surface area contributed by atoms with E-state index in [1.165, 1.54) is 49.0 Å². The van der Waals surface area contributed by atoms with E-state index in [-0.39, 0.29) is 35.0 Å². The van der Waals surface area contributed by atoms with Crippen LogP contribution in [-0.2, 0) is 6.18 Å². The van der Waals surface area contributed by atoms with Crippen molar-refractivity contribution in [3.8, 4) is 22.7 Å². The number of pyridine rings is 1. The highest BCUT2D eigenvalue weighted by Gasteiger charge is 2.36. The number of aliphatic hydroxyl groups excluding tert-OH is 1. The molecule has 4 aromatic rings. The van der Waals surface area contributed by atoms with Gasteiger partial charge in [0.2, 0.25) is 11.7 Å². The molecule has 4 rings (SSSR count). The Morgan fingerprint density at radius 2 is 1.88 bits per heavy atom. The highest BCUT2D eigenvalue weighted by atomic mass is 19.4. The maximum atomic E-state index is 13.0. The number of carbonyl (C=O) groups is 1. The summed E-state index contributed by atoms with van der Waals surface area (Å²) < 4.78 is 60.7. The summed E-state index contributed by atoms with van der Waals surface area (Å²) in [5, 5.41) is 16.1. The monoisotopic (exact) mass is 462 g/mol. The number of hydrogen-bond acceptors (Lipinski definition) is 7. The first kappa shape index (κ1) is 22.1. The number of hydrogen-bond donors (Lipinski definition) is 2. The molecule has 3 aromatic heterocycles. The van der Waals surface area contributed by atoms with E-state index in [1.807, 2.05) is 0 Å². The van der Waals surface area contributed by atoms with Crippen molar-refractivity contribution >= 4 is 5.91 Å². The van der Waals surface area contributed by atoms with Crippen LogP contribution < -0.4 is 5.32 Å². The molecule has 1 aromatic carbocycles. The molecular formula is C21H14F4N4O4. The molecule has 2 N–H and O–H groups in total. The maximum Gasteiger partial charge on any atom is 0.452 e. The first-order valence-electron chi connectivity index (χ1n) is 9.37. The Balaban J connectivity index is 1.40. The summed E-state index contributed by atoms with van der Waals surface area (Å²) in [6.07, 6.45) is -2.26. The van der Waals surface area contributed by atoms with Crippen LogP contribution in [0.5, 0.6) is 0 Å². The number of nitrogens with zero attached hydrogens (tertiary/aromatic N) is 3. The molecule has 0 aliphatic rings. The molecule has 0 saturated heterocycles. The van der Waals surface area contributed by atoms with Gasteiger partial charge < -0.3 is 19.4 Å². The molecular weight excluding hydrogens is 448 g/mol. The van der Waals surface area contributed by atoms with E-state index >= 15 is 0 Å². The van der Waals surface area contributed by atoms with Crippen molar-refractivity contribution in [3.63, 3.8) is 0 Å². The Hall–Kier alpha value is -4.06. The molecule has 12 heteroatoms. The third kappa shape index (κ3) is 5.06. The van der Waals surface area contributed by atoms with Gasteiger partial charge in [-0.3, -0.25) is 9.78 Å². The first-order chi connectivity index (χ1) is 15.7. The second kappa shape index (κ2) is 8.82. The largest absolute Gasteiger partial charge is 0.452 e. The van der Waals surface area contributed by atoms with Crippen LogP contribution in [0.3, 0.4) is 0 Å². The van der Waals surface area contributed by atoms with Crippen LogP contribution in [0.15, 0.2) is 64.0 Å². The smallest absolute Gasteiger partial charge is 0.444 e. The van der Waals surface area contributed by atoms with E-state index in [1.54, 1.807) is 0 Å². The number of carbonyl (C=O) groups excluding carboxylic acids is 1. The van der Waals surface area contributed by atoms with Gasteiger partial charge in [-0.25, -0.2) is 9.37 Å². The Labute approximate surface area is 182 Å². The lowest BCUT2D eigenvalue weighted by molar-refractivity contribution is -0.155. The summed E-state index contributed by atoms with van der Waals surface area (Å²) in [5.41, 5.74) is 0.679. The minimum absolute atomic E-state index is 0.0309. The molecule has 1 unspecified atom stereocenters. The Morgan fingerprint density at radius 1 is 1.12 bits per heavy atom. The zero-order valence-electron chi connectivity index (χ0n) is 16.5. The second-order valence-electron chi connectivity index (χ2n) is 6.85. The fourth-order valence-electron chi connectivity index (χ4n) is 2.81. The van der Waals surface area contributed by atoms with Gasteiger partial charge in [-0.05, 0) is 30.3 Å². The number of benzene rings is 1. The molecule has 0 fully saturated rings. The lowest BCUT2D eigenvalue weighted by Crippen LogP contribution is -2.28. The molecule has 1 atom stereocenters. The zero-order valence-corrected chi connectivity index (χ0v) is 16.5. The number of amides is 1. The van der Waals surface area contributed by atoms with Gasteiger partial charge in [0.1, 0.15) is 29.6 Å². The van der Waals surface area contributed by atoms with E-state index in [0.717, 1.165) is 0 Å². The van der Waals surface area contributed by atoms with Crippen LogP contribution in [0.2, 0.25) is 0 Å². The molecule has 0 radical (unpaired) electrons. The number of aromatic nitrogens is 3. The summed E-state index contributed by atoms with van der Waals surface area (Å²) in [6.45, 7) is -0.235. The van der Waals surface area contributed by atoms with Gasteiger partial charge in [-0.1, -0.05) is 5.16 Å². The standard InChI is InChI=1S/C21H14F4N4O4/c22-14-3-1-11(2-4-14)20-28-16(10-32-20)17(30)9-27-19(31)13-5-12(7-26-8-13)15-6-18(33-29-15)21(23,24)25/h1-8,10,17,30H,9H2,(H,27,31). The van der Waals surface area contributed by atoms with Gasteiger partial charge in [0.25, 0.3) is 5.91 Å². The Morgan fingerprint density at radius 3 is 2.58 bits per heavy atom. The Bertz CT molecular complexity index is 1270. The van der Waals surface area contributed by atoms with E-state index < -0.39 is 29.8 Å². The fraction of sp³-hybridized carbons (Fsp3) is 0.143. The van der Waals surface area contributed by atoms with E-state index in [2.05, 4.69) is 25.0 Å². The van der Waals surface area contributed by atoms with Crippen molar-refractivity contribution in [2.75, 3.05) is 6.54 Å². The van der Waals surface area contributed by atoms with Crippen molar-refractivity contribution in [2.45, 2.75) is 12.3 Å². The Kier molecular flexibility index (Phi) is 5.92. The zero-order chi connectivity index (χ0) is 23.6. The molecule has 170 valence electrons. The van der Waals surface area contributed by atoms with Crippen molar-refractivity contribution in [3.05, 3.63) is 77.9 Å². The van der Waals surface area contributed by atoms with Gasteiger partial charge in [-0.15, -0.1) is 0 Å². The third-order valence-corrected chi connectivity index (χ3v) is 4.50. The molecule has 33 heavy (non-hydrogen) atoms. The number of oxazole rings is 1. The van der Waals surface area contributed by atoms with E-state index in [9.17, 15) is 27.5 Å². The van der Waals surface area contributed by atoms with Crippen LogP contribution in [0, 0.1) is 5.82 Å². The topological polar surface area (TPSA) is 114 Å². The summed E-state index contributed by atoms with van der Waals surface area (Å²) in [4.78, 5) is 20.4. The van der Waals surface area contributed by atoms with Crippen molar-refractivity contribution in [1.82, 2.24) is 20.4 Å². The van der Waals surface area contributed by atoms with Crippen LogP contribution >= 0.6 is 0 Å². The van der Waals surface area contributed by atoms with Crippen LogP contribution in [0.4, 0.5) is 17.6 Å². The molecule has 3 heterocycles. The molecule has 0 aliphatic heterocycles. The first-order valence-corrected chi connectivity index (χ1v) is 9.37. The summed E-state index contributed by atoms with van der Waals surface area (Å²) in [5.74, 6) is -2.16. The van der Waals surface area contributed by atoms with Gasteiger partial charge in [0.05, 0.1) is 5.56 Å². The lowest BCUT2D eigenvalue weighted by Gasteiger charge is -2.09. The molecule has 0 spiro atoms. The number of nitrogens with one attached hydrogen (secondary N) is 1. The quantitative estimate of drug-likeness (QED) is 0.416. The van der Waals surface area contributed by atoms with Crippen molar-refractivity contribution < 1.29 is 36.4 Å². The number of rotatable bonds is 6. The molecule has 0 bridgehead atoms. The number of aliphatic hydroxyl groups is 1. The SMILES string of the molecule is O=C(NCC(O)c1coc(-c2ccc(F)cc2)n1)c1cncc(-c2cc(C(F)(F)F)on2)c1. The minimum atomic E-state index is -4.69. The second-order valence-corrected chi connectivity index (χ2v) is 6.85. The average molecular weight is 462 g/mol. The van der Waals surface area contributed by atoms with Gasteiger partial charge >= 0.3 is 6.18 Å². The summed E-state index contributed by atoms with van der Waals surface area (Å²) in [7, 11) is 0.